The minimum Gasteiger partial charge on any atom is -0.381 e. The first-order valence-corrected chi connectivity index (χ1v) is 7.30. The van der Waals surface area contributed by atoms with Crippen LogP contribution in [0, 0.1) is 12.7 Å². The quantitative estimate of drug-likeness (QED) is 0.902. The monoisotopic (exact) mass is 281 g/mol. The molecule has 1 aromatic carbocycles. The van der Waals surface area contributed by atoms with Crippen LogP contribution in [-0.4, -0.2) is 31.5 Å². The maximum absolute atomic E-state index is 13.2. The Kier molecular flexibility index (Phi) is 5.13. The van der Waals surface area contributed by atoms with Crippen LogP contribution < -0.4 is 5.73 Å². The van der Waals surface area contributed by atoms with Gasteiger partial charge in [0.05, 0.1) is 5.60 Å². The third kappa shape index (κ3) is 3.37. The van der Waals surface area contributed by atoms with Crippen LogP contribution in [0.3, 0.4) is 0 Å². The van der Waals surface area contributed by atoms with Crippen LogP contribution in [0.25, 0.3) is 0 Å². The van der Waals surface area contributed by atoms with E-state index in [9.17, 15) is 4.39 Å². The molecule has 1 atom stereocenters. The van der Waals surface area contributed by atoms with Crippen molar-refractivity contribution in [2.45, 2.75) is 44.8 Å². The van der Waals surface area contributed by atoms with Crippen LogP contribution in [0.1, 0.15) is 30.9 Å². The van der Waals surface area contributed by atoms with Gasteiger partial charge in [-0.15, -0.1) is 0 Å². The Balaban J connectivity index is 2.13. The van der Waals surface area contributed by atoms with Crippen LogP contribution in [0.5, 0.6) is 0 Å². The molecule has 1 aromatic rings. The standard InChI is InChI=1S/C16H24FNO2/c1-3-20-16(6-8-19-9-7-16)15(18)11-13-4-5-14(17)10-12(13)2/h4-5,10,15H,3,6-9,11,18H2,1-2H3. The zero-order valence-electron chi connectivity index (χ0n) is 12.3. The fourth-order valence-electron chi connectivity index (χ4n) is 2.94. The lowest BCUT2D eigenvalue weighted by Crippen LogP contribution is -2.54. The molecule has 1 heterocycles. The average molecular weight is 281 g/mol. The molecule has 0 aliphatic carbocycles. The molecule has 20 heavy (non-hydrogen) atoms. The molecule has 1 fully saturated rings. The third-order valence-electron chi connectivity index (χ3n) is 4.19. The van der Waals surface area contributed by atoms with E-state index >= 15 is 0 Å². The molecule has 2 N–H and O–H groups in total. The average Bonchev–Trinajstić information content (AvgIpc) is 2.43. The number of halogens is 1. The number of nitrogens with two attached hydrogens (primary N) is 1. The van der Waals surface area contributed by atoms with Gasteiger partial charge in [-0.25, -0.2) is 4.39 Å². The lowest BCUT2D eigenvalue weighted by atomic mass is 9.82. The van der Waals surface area contributed by atoms with Gasteiger partial charge >= 0.3 is 0 Å². The van der Waals surface area contributed by atoms with Crippen molar-refractivity contribution in [1.29, 1.82) is 0 Å². The van der Waals surface area contributed by atoms with Crippen LogP contribution in [0.4, 0.5) is 4.39 Å². The predicted octanol–water partition coefficient (Wildman–Crippen LogP) is 2.59. The summed E-state index contributed by atoms with van der Waals surface area (Å²) in [6.07, 6.45) is 2.34. The zero-order chi connectivity index (χ0) is 14.6. The summed E-state index contributed by atoms with van der Waals surface area (Å²) in [5.74, 6) is -0.203. The molecule has 0 amide bonds. The first-order valence-electron chi connectivity index (χ1n) is 7.30. The molecule has 0 saturated carbocycles. The van der Waals surface area contributed by atoms with E-state index in [1.54, 1.807) is 6.07 Å². The minimum atomic E-state index is -0.312. The maximum Gasteiger partial charge on any atom is 0.123 e. The second kappa shape index (κ2) is 6.66. The van der Waals surface area contributed by atoms with E-state index in [1.165, 1.54) is 6.07 Å². The molecule has 0 radical (unpaired) electrons. The summed E-state index contributed by atoms with van der Waals surface area (Å²) in [6, 6.07) is 4.77. The van der Waals surface area contributed by atoms with E-state index in [2.05, 4.69) is 0 Å². The van der Waals surface area contributed by atoms with E-state index in [4.69, 9.17) is 15.2 Å². The number of aryl methyl sites for hydroxylation is 1. The van der Waals surface area contributed by atoms with Gasteiger partial charge in [0.1, 0.15) is 5.82 Å². The fourth-order valence-corrected chi connectivity index (χ4v) is 2.94. The van der Waals surface area contributed by atoms with Gasteiger partial charge in [0.25, 0.3) is 0 Å². The van der Waals surface area contributed by atoms with Gasteiger partial charge in [0.2, 0.25) is 0 Å². The third-order valence-corrected chi connectivity index (χ3v) is 4.19. The second-order valence-electron chi connectivity index (χ2n) is 5.49. The summed E-state index contributed by atoms with van der Waals surface area (Å²) in [5, 5.41) is 0. The van der Waals surface area contributed by atoms with Crippen molar-refractivity contribution in [3.05, 3.63) is 35.1 Å². The van der Waals surface area contributed by atoms with Gasteiger partial charge in [-0.1, -0.05) is 6.07 Å². The van der Waals surface area contributed by atoms with Gasteiger partial charge in [-0.3, -0.25) is 0 Å². The Hall–Kier alpha value is -0.970. The molecule has 112 valence electrons. The van der Waals surface area contributed by atoms with E-state index in [0.717, 1.165) is 24.0 Å². The fraction of sp³-hybridized carbons (Fsp3) is 0.625. The zero-order valence-corrected chi connectivity index (χ0v) is 12.3. The van der Waals surface area contributed by atoms with E-state index in [-0.39, 0.29) is 17.5 Å². The number of benzene rings is 1. The molecule has 1 aliphatic rings. The topological polar surface area (TPSA) is 44.5 Å². The highest BCUT2D eigenvalue weighted by molar-refractivity contribution is 5.28. The highest BCUT2D eigenvalue weighted by atomic mass is 19.1. The summed E-state index contributed by atoms with van der Waals surface area (Å²) in [4.78, 5) is 0. The van der Waals surface area contributed by atoms with Crippen molar-refractivity contribution in [2.75, 3.05) is 19.8 Å². The van der Waals surface area contributed by atoms with Crippen molar-refractivity contribution < 1.29 is 13.9 Å². The molecule has 1 aliphatic heterocycles. The Morgan fingerprint density at radius 3 is 2.70 bits per heavy atom. The predicted molar refractivity (Wildman–Crippen MR) is 77.2 cm³/mol. The van der Waals surface area contributed by atoms with Crippen molar-refractivity contribution in [3.8, 4) is 0 Å². The Labute approximate surface area is 120 Å². The maximum atomic E-state index is 13.2. The summed E-state index contributed by atoms with van der Waals surface area (Å²) in [6.45, 7) is 5.94. The van der Waals surface area contributed by atoms with Crippen LogP contribution in [0.2, 0.25) is 0 Å². The molecular formula is C16H24FNO2. The second-order valence-corrected chi connectivity index (χ2v) is 5.49. The summed E-state index contributed by atoms with van der Waals surface area (Å²) < 4.78 is 24.6. The first kappa shape index (κ1) is 15.4. The van der Waals surface area contributed by atoms with Crippen molar-refractivity contribution in [3.63, 3.8) is 0 Å². The summed E-state index contributed by atoms with van der Waals surface area (Å²) in [5.41, 5.74) is 8.15. The molecule has 3 nitrogen and oxygen atoms in total. The largest absolute Gasteiger partial charge is 0.381 e. The van der Waals surface area contributed by atoms with E-state index in [1.807, 2.05) is 19.9 Å². The van der Waals surface area contributed by atoms with Gasteiger partial charge in [0, 0.05) is 38.7 Å². The molecule has 1 unspecified atom stereocenters. The van der Waals surface area contributed by atoms with Gasteiger partial charge < -0.3 is 15.2 Å². The van der Waals surface area contributed by atoms with E-state index in [0.29, 0.717) is 26.2 Å². The van der Waals surface area contributed by atoms with Crippen LogP contribution in [0.15, 0.2) is 18.2 Å². The normalized spacial score (nSPS) is 19.8. The Morgan fingerprint density at radius 2 is 2.10 bits per heavy atom. The number of ether oxygens (including phenoxy) is 2. The molecule has 0 aromatic heterocycles. The molecule has 4 heteroatoms. The number of rotatable bonds is 5. The molecule has 2 rings (SSSR count). The molecule has 0 bridgehead atoms. The smallest absolute Gasteiger partial charge is 0.123 e. The molecule has 1 saturated heterocycles. The highest BCUT2D eigenvalue weighted by Crippen LogP contribution is 2.30. The SMILES string of the molecule is CCOC1(C(N)Cc2ccc(F)cc2C)CCOCC1. The lowest BCUT2D eigenvalue weighted by Gasteiger charge is -2.41. The van der Waals surface area contributed by atoms with Crippen LogP contribution >= 0.6 is 0 Å². The Bertz CT molecular complexity index is 439. The van der Waals surface area contributed by atoms with Crippen molar-refractivity contribution in [2.24, 2.45) is 5.73 Å². The van der Waals surface area contributed by atoms with Crippen LogP contribution in [-0.2, 0) is 15.9 Å². The molecule has 0 spiro atoms. The first-order chi connectivity index (χ1) is 9.57. The van der Waals surface area contributed by atoms with Crippen molar-refractivity contribution >= 4 is 0 Å². The number of hydrogen-bond donors (Lipinski definition) is 1. The Morgan fingerprint density at radius 1 is 1.40 bits per heavy atom. The van der Waals surface area contributed by atoms with Gasteiger partial charge in [0.15, 0.2) is 0 Å². The summed E-state index contributed by atoms with van der Waals surface area (Å²) in [7, 11) is 0. The highest BCUT2D eigenvalue weighted by Gasteiger charge is 2.39. The van der Waals surface area contributed by atoms with E-state index < -0.39 is 0 Å². The number of hydrogen-bond acceptors (Lipinski definition) is 3. The van der Waals surface area contributed by atoms with Gasteiger partial charge in [-0.2, -0.15) is 0 Å². The van der Waals surface area contributed by atoms with Crippen molar-refractivity contribution in [1.82, 2.24) is 0 Å². The minimum absolute atomic E-state index is 0.101. The molecular weight excluding hydrogens is 257 g/mol. The lowest BCUT2D eigenvalue weighted by molar-refractivity contribution is -0.120. The van der Waals surface area contributed by atoms with Gasteiger partial charge in [-0.05, 0) is 43.5 Å². The summed E-state index contributed by atoms with van der Waals surface area (Å²) >= 11 is 0.